The van der Waals surface area contributed by atoms with Gasteiger partial charge in [0.2, 0.25) is 5.95 Å². The van der Waals surface area contributed by atoms with E-state index in [1.807, 2.05) is 0 Å². The summed E-state index contributed by atoms with van der Waals surface area (Å²) in [6.07, 6.45) is 3.64. The maximum absolute atomic E-state index is 5.48. The molecule has 0 bridgehead atoms. The molecule has 0 spiro atoms. The predicted octanol–water partition coefficient (Wildman–Crippen LogP) is 0.908. The molecule has 1 aromatic rings. The standard InChI is InChI=1S/C9H12IN3O2/c10-7-3-11-9(12-4-7)13-5-8-6-14-1-2-15-8/h3-4,8H,1-2,5-6H2,(H,11,12,13). The van der Waals surface area contributed by atoms with E-state index in [4.69, 9.17) is 9.47 Å². The van der Waals surface area contributed by atoms with Gasteiger partial charge >= 0.3 is 0 Å². The minimum atomic E-state index is 0.0987. The highest BCUT2D eigenvalue weighted by Crippen LogP contribution is 2.05. The highest BCUT2D eigenvalue weighted by Gasteiger charge is 2.13. The third-order valence-electron chi connectivity index (χ3n) is 1.99. The summed E-state index contributed by atoms with van der Waals surface area (Å²) in [6.45, 7) is 2.67. The average molecular weight is 321 g/mol. The first-order chi connectivity index (χ1) is 7.34. The topological polar surface area (TPSA) is 56.3 Å². The van der Waals surface area contributed by atoms with Crippen molar-refractivity contribution in [1.29, 1.82) is 0 Å². The lowest BCUT2D eigenvalue weighted by atomic mass is 10.3. The van der Waals surface area contributed by atoms with Crippen LogP contribution in [0.2, 0.25) is 0 Å². The normalized spacial score (nSPS) is 21.3. The van der Waals surface area contributed by atoms with Gasteiger partial charge in [0.1, 0.15) is 0 Å². The SMILES string of the molecule is Ic1cnc(NCC2COCCO2)nc1. The molecule has 15 heavy (non-hydrogen) atoms. The third kappa shape index (κ3) is 3.54. The van der Waals surface area contributed by atoms with E-state index in [1.165, 1.54) is 0 Å². The first-order valence-corrected chi connectivity index (χ1v) is 5.83. The van der Waals surface area contributed by atoms with Gasteiger partial charge in [0.05, 0.1) is 25.9 Å². The lowest BCUT2D eigenvalue weighted by Gasteiger charge is -2.22. The number of halogens is 1. The third-order valence-corrected chi connectivity index (χ3v) is 2.55. The fourth-order valence-corrected chi connectivity index (χ4v) is 1.54. The van der Waals surface area contributed by atoms with Crippen LogP contribution in [0.1, 0.15) is 0 Å². The summed E-state index contributed by atoms with van der Waals surface area (Å²) >= 11 is 2.17. The highest BCUT2D eigenvalue weighted by molar-refractivity contribution is 14.1. The summed E-state index contributed by atoms with van der Waals surface area (Å²) in [6, 6.07) is 0. The first-order valence-electron chi connectivity index (χ1n) is 4.75. The summed E-state index contributed by atoms with van der Waals surface area (Å²) < 4.78 is 11.8. The van der Waals surface area contributed by atoms with Crippen molar-refractivity contribution in [1.82, 2.24) is 9.97 Å². The molecule has 1 saturated heterocycles. The minimum Gasteiger partial charge on any atom is -0.376 e. The number of nitrogens with zero attached hydrogens (tertiary/aromatic N) is 2. The molecule has 5 nitrogen and oxygen atoms in total. The van der Waals surface area contributed by atoms with Gasteiger partial charge in [-0.15, -0.1) is 0 Å². The van der Waals surface area contributed by atoms with Crippen molar-refractivity contribution in [3.8, 4) is 0 Å². The summed E-state index contributed by atoms with van der Waals surface area (Å²) in [5.74, 6) is 0.629. The Kier molecular flexibility index (Phi) is 4.09. The van der Waals surface area contributed by atoms with Crippen LogP contribution in [0.15, 0.2) is 12.4 Å². The zero-order valence-corrected chi connectivity index (χ0v) is 10.3. The van der Waals surface area contributed by atoms with Gasteiger partial charge in [-0.3, -0.25) is 0 Å². The van der Waals surface area contributed by atoms with Crippen LogP contribution in [0.25, 0.3) is 0 Å². The van der Waals surface area contributed by atoms with Crippen molar-refractivity contribution < 1.29 is 9.47 Å². The Morgan fingerprint density at radius 1 is 1.40 bits per heavy atom. The summed E-state index contributed by atoms with van der Waals surface area (Å²) in [4.78, 5) is 8.27. The first kappa shape index (κ1) is 11.0. The zero-order chi connectivity index (χ0) is 10.5. The van der Waals surface area contributed by atoms with Gasteiger partial charge in [-0.2, -0.15) is 0 Å². The van der Waals surface area contributed by atoms with E-state index < -0.39 is 0 Å². The van der Waals surface area contributed by atoms with Crippen molar-refractivity contribution in [3.05, 3.63) is 16.0 Å². The van der Waals surface area contributed by atoms with E-state index >= 15 is 0 Å². The van der Waals surface area contributed by atoms with E-state index in [1.54, 1.807) is 12.4 Å². The molecule has 0 amide bonds. The number of ether oxygens (including phenoxy) is 2. The summed E-state index contributed by atoms with van der Waals surface area (Å²) in [7, 11) is 0. The minimum absolute atomic E-state index is 0.0987. The number of hydrogen-bond donors (Lipinski definition) is 1. The molecule has 1 aliphatic rings. The van der Waals surface area contributed by atoms with Gasteiger partial charge < -0.3 is 14.8 Å². The molecule has 82 valence electrons. The molecule has 1 aromatic heterocycles. The Morgan fingerprint density at radius 2 is 2.20 bits per heavy atom. The van der Waals surface area contributed by atoms with Crippen molar-refractivity contribution in [2.24, 2.45) is 0 Å². The molecule has 1 fully saturated rings. The molecule has 1 N–H and O–H groups in total. The number of hydrogen-bond acceptors (Lipinski definition) is 5. The van der Waals surface area contributed by atoms with Gasteiger partial charge in [0.15, 0.2) is 0 Å². The molecule has 1 atom stereocenters. The van der Waals surface area contributed by atoms with Gasteiger partial charge in [-0.1, -0.05) is 0 Å². The molecule has 0 saturated carbocycles. The van der Waals surface area contributed by atoms with Crippen molar-refractivity contribution in [2.75, 3.05) is 31.7 Å². The summed E-state index contributed by atoms with van der Waals surface area (Å²) in [5, 5.41) is 3.11. The van der Waals surface area contributed by atoms with Crippen molar-refractivity contribution in [2.45, 2.75) is 6.10 Å². The quantitative estimate of drug-likeness (QED) is 0.839. The smallest absolute Gasteiger partial charge is 0.222 e. The van der Waals surface area contributed by atoms with E-state index in [-0.39, 0.29) is 6.10 Å². The largest absolute Gasteiger partial charge is 0.376 e. The Balaban J connectivity index is 1.79. The fourth-order valence-electron chi connectivity index (χ4n) is 1.26. The molecule has 0 aromatic carbocycles. The molecule has 1 aliphatic heterocycles. The van der Waals surface area contributed by atoms with Gasteiger partial charge in [0.25, 0.3) is 0 Å². The van der Waals surface area contributed by atoms with Crippen LogP contribution in [0.5, 0.6) is 0 Å². The summed E-state index contributed by atoms with van der Waals surface area (Å²) in [5.41, 5.74) is 0. The molecular formula is C9H12IN3O2. The predicted molar refractivity (Wildman–Crippen MR) is 63.8 cm³/mol. The van der Waals surface area contributed by atoms with Crippen LogP contribution >= 0.6 is 22.6 Å². The molecule has 0 radical (unpaired) electrons. The Labute approximate surface area is 102 Å². The second-order valence-corrected chi connectivity index (χ2v) is 4.42. The van der Waals surface area contributed by atoms with Crippen LogP contribution in [0.4, 0.5) is 5.95 Å². The molecule has 1 unspecified atom stereocenters. The van der Waals surface area contributed by atoms with Crippen molar-refractivity contribution in [3.63, 3.8) is 0 Å². The lowest BCUT2D eigenvalue weighted by Crippen LogP contribution is -2.34. The second-order valence-electron chi connectivity index (χ2n) is 3.17. The molecular weight excluding hydrogens is 309 g/mol. The van der Waals surface area contributed by atoms with E-state index in [0.717, 1.165) is 3.57 Å². The molecule has 2 heterocycles. The number of anilines is 1. The maximum atomic E-state index is 5.48. The van der Waals surface area contributed by atoms with Gasteiger partial charge in [0, 0.05) is 22.5 Å². The molecule has 0 aliphatic carbocycles. The highest BCUT2D eigenvalue weighted by atomic mass is 127. The fraction of sp³-hybridized carbons (Fsp3) is 0.556. The number of nitrogens with one attached hydrogen (secondary N) is 1. The Bertz CT molecular complexity index is 301. The van der Waals surface area contributed by atoms with Gasteiger partial charge in [-0.05, 0) is 22.6 Å². The Morgan fingerprint density at radius 3 is 2.87 bits per heavy atom. The number of rotatable bonds is 3. The lowest BCUT2D eigenvalue weighted by molar-refractivity contribution is -0.0819. The van der Waals surface area contributed by atoms with Crippen LogP contribution in [0.3, 0.4) is 0 Å². The molecule has 2 rings (SSSR count). The maximum Gasteiger partial charge on any atom is 0.222 e. The van der Waals surface area contributed by atoms with E-state index in [2.05, 4.69) is 37.9 Å². The van der Waals surface area contributed by atoms with Crippen LogP contribution in [0, 0.1) is 3.57 Å². The monoisotopic (exact) mass is 321 g/mol. The van der Waals surface area contributed by atoms with Crippen LogP contribution < -0.4 is 5.32 Å². The van der Waals surface area contributed by atoms with E-state index in [0.29, 0.717) is 32.3 Å². The molecule has 6 heteroatoms. The average Bonchev–Trinajstić information content (AvgIpc) is 2.30. The second kappa shape index (κ2) is 5.57. The van der Waals surface area contributed by atoms with Crippen molar-refractivity contribution >= 4 is 28.5 Å². The zero-order valence-electron chi connectivity index (χ0n) is 8.15. The number of aromatic nitrogens is 2. The van der Waals surface area contributed by atoms with Crippen LogP contribution in [-0.4, -0.2) is 42.4 Å². The van der Waals surface area contributed by atoms with Crippen LogP contribution in [-0.2, 0) is 9.47 Å². The van der Waals surface area contributed by atoms with E-state index in [9.17, 15) is 0 Å². The Hall–Kier alpha value is -0.470. The van der Waals surface area contributed by atoms with Gasteiger partial charge in [-0.25, -0.2) is 9.97 Å².